The maximum atomic E-state index is 6.42. The van der Waals surface area contributed by atoms with Gasteiger partial charge in [0.1, 0.15) is 5.75 Å². The third-order valence-corrected chi connectivity index (χ3v) is 3.62. The molecule has 1 nitrogen and oxygen atoms in total. The molecule has 0 saturated carbocycles. The molecule has 2 atom stereocenters. The summed E-state index contributed by atoms with van der Waals surface area (Å²) in [5.74, 6) is 1.62. The number of fused-ring (bicyclic) bond motifs is 1. The Bertz CT molecular complexity index is 348. The molecule has 1 aliphatic carbocycles. The molecule has 2 heteroatoms. The van der Waals surface area contributed by atoms with Crippen molar-refractivity contribution in [2.45, 2.75) is 31.6 Å². The monoisotopic (exact) mass is 224 g/mol. The van der Waals surface area contributed by atoms with Crippen LogP contribution in [0, 0.1) is 5.92 Å². The predicted octanol–water partition coefficient (Wildman–Crippen LogP) is 3.95. The fourth-order valence-electron chi connectivity index (χ4n) is 2.22. The second-order valence-corrected chi connectivity index (χ2v) is 4.94. The minimum Gasteiger partial charge on any atom is -0.497 e. The van der Waals surface area contributed by atoms with Crippen LogP contribution in [0.1, 0.15) is 36.3 Å². The highest BCUT2D eigenvalue weighted by molar-refractivity contribution is 6.21. The van der Waals surface area contributed by atoms with Crippen LogP contribution in [0.5, 0.6) is 5.75 Å². The van der Waals surface area contributed by atoms with Crippen LogP contribution in [0.3, 0.4) is 0 Å². The van der Waals surface area contributed by atoms with Gasteiger partial charge in [0.2, 0.25) is 0 Å². The van der Waals surface area contributed by atoms with Crippen molar-refractivity contribution in [3.05, 3.63) is 29.3 Å². The number of hydrogen-bond donors (Lipinski definition) is 0. The van der Waals surface area contributed by atoms with E-state index in [9.17, 15) is 0 Å². The lowest BCUT2D eigenvalue weighted by molar-refractivity contribution is 0.414. The maximum absolute atomic E-state index is 6.42. The molecule has 15 heavy (non-hydrogen) atoms. The van der Waals surface area contributed by atoms with Gasteiger partial charge in [0.25, 0.3) is 0 Å². The Morgan fingerprint density at radius 1 is 1.40 bits per heavy atom. The molecule has 0 heterocycles. The fourth-order valence-corrected chi connectivity index (χ4v) is 2.73. The Balaban J connectivity index is 2.36. The van der Waals surface area contributed by atoms with Gasteiger partial charge in [0, 0.05) is 0 Å². The smallest absolute Gasteiger partial charge is 0.119 e. The molecule has 0 radical (unpaired) electrons. The van der Waals surface area contributed by atoms with Crippen molar-refractivity contribution in [2.75, 3.05) is 7.11 Å². The summed E-state index contributed by atoms with van der Waals surface area (Å²) in [4.78, 5) is 0. The maximum Gasteiger partial charge on any atom is 0.119 e. The first-order valence-electron chi connectivity index (χ1n) is 5.51. The van der Waals surface area contributed by atoms with Crippen LogP contribution in [-0.4, -0.2) is 7.11 Å². The molecule has 2 unspecified atom stereocenters. The van der Waals surface area contributed by atoms with E-state index in [0.717, 1.165) is 18.6 Å². The average molecular weight is 225 g/mol. The normalized spacial score (nSPS) is 25.5. The summed E-state index contributed by atoms with van der Waals surface area (Å²) in [6.45, 7) is 2.28. The quantitative estimate of drug-likeness (QED) is 0.519. The van der Waals surface area contributed by atoms with Crippen molar-refractivity contribution in [1.82, 2.24) is 0 Å². The molecule has 0 aromatic heterocycles. The summed E-state index contributed by atoms with van der Waals surface area (Å²) in [5.41, 5.74) is 2.65. The molecule has 1 aromatic rings. The van der Waals surface area contributed by atoms with E-state index >= 15 is 0 Å². The summed E-state index contributed by atoms with van der Waals surface area (Å²) in [6.07, 6.45) is 3.45. The second kappa shape index (κ2) is 4.44. The number of methoxy groups -OCH3 is 1. The number of ether oxygens (including phenoxy) is 1. The van der Waals surface area contributed by atoms with E-state index < -0.39 is 0 Å². The molecule has 0 fully saturated rings. The summed E-state index contributed by atoms with van der Waals surface area (Å²) in [7, 11) is 1.70. The van der Waals surface area contributed by atoms with Crippen molar-refractivity contribution >= 4 is 11.6 Å². The second-order valence-electron chi connectivity index (χ2n) is 4.41. The molecule has 0 amide bonds. The molecule has 0 spiro atoms. The third-order valence-electron chi connectivity index (χ3n) is 3.21. The lowest BCUT2D eigenvalue weighted by atomic mass is 10.0. The molecular formula is C13H17ClO. The number of hydrogen-bond acceptors (Lipinski definition) is 1. The Hall–Kier alpha value is -0.690. The molecule has 2 rings (SSSR count). The summed E-state index contributed by atoms with van der Waals surface area (Å²) < 4.78 is 5.24. The van der Waals surface area contributed by atoms with E-state index in [2.05, 4.69) is 19.1 Å². The molecule has 1 aromatic carbocycles. The first-order chi connectivity index (χ1) is 7.20. The largest absolute Gasteiger partial charge is 0.497 e. The van der Waals surface area contributed by atoms with Crippen molar-refractivity contribution < 1.29 is 4.74 Å². The Kier molecular flexibility index (Phi) is 3.20. The van der Waals surface area contributed by atoms with Gasteiger partial charge in [-0.2, -0.15) is 0 Å². The van der Waals surface area contributed by atoms with E-state index in [1.807, 2.05) is 6.07 Å². The lowest BCUT2D eigenvalue weighted by Gasteiger charge is -2.13. The number of alkyl halides is 1. The van der Waals surface area contributed by atoms with Gasteiger partial charge in [-0.05, 0) is 48.4 Å². The summed E-state index contributed by atoms with van der Waals surface area (Å²) in [6, 6.07) is 6.27. The van der Waals surface area contributed by atoms with E-state index in [4.69, 9.17) is 16.3 Å². The van der Waals surface area contributed by atoms with Crippen LogP contribution in [0.4, 0.5) is 0 Å². The number of rotatable bonds is 1. The summed E-state index contributed by atoms with van der Waals surface area (Å²) >= 11 is 6.42. The minimum absolute atomic E-state index is 0.146. The molecule has 0 bridgehead atoms. The van der Waals surface area contributed by atoms with Gasteiger partial charge in [-0.15, -0.1) is 11.6 Å². The SMILES string of the molecule is COc1ccc2c(c1)C(Cl)CC(C)CC2. The Morgan fingerprint density at radius 2 is 2.20 bits per heavy atom. The van der Waals surface area contributed by atoms with E-state index in [-0.39, 0.29) is 5.38 Å². The van der Waals surface area contributed by atoms with Crippen LogP contribution in [-0.2, 0) is 6.42 Å². The van der Waals surface area contributed by atoms with Gasteiger partial charge in [-0.25, -0.2) is 0 Å². The van der Waals surface area contributed by atoms with Crippen LogP contribution in [0.15, 0.2) is 18.2 Å². The van der Waals surface area contributed by atoms with Crippen molar-refractivity contribution in [2.24, 2.45) is 5.92 Å². The van der Waals surface area contributed by atoms with Gasteiger partial charge in [-0.3, -0.25) is 0 Å². The molecular weight excluding hydrogens is 208 g/mol. The standard InChI is InChI=1S/C13H17ClO/c1-9-3-4-10-5-6-11(15-2)8-12(10)13(14)7-9/h5-6,8-9,13H,3-4,7H2,1-2H3. The zero-order valence-electron chi connectivity index (χ0n) is 9.29. The highest BCUT2D eigenvalue weighted by Gasteiger charge is 2.20. The molecule has 82 valence electrons. The van der Waals surface area contributed by atoms with Gasteiger partial charge in [-0.1, -0.05) is 13.0 Å². The van der Waals surface area contributed by atoms with E-state index in [1.165, 1.54) is 17.5 Å². The van der Waals surface area contributed by atoms with Crippen LogP contribution < -0.4 is 4.74 Å². The van der Waals surface area contributed by atoms with Gasteiger partial charge >= 0.3 is 0 Å². The number of aryl methyl sites for hydroxylation is 1. The number of halogens is 1. The van der Waals surface area contributed by atoms with Gasteiger partial charge in [0.15, 0.2) is 0 Å². The fraction of sp³-hybridized carbons (Fsp3) is 0.538. The van der Waals surface area contributed by atoms with Crippen LogP contribution in [0.2, 0.25) is 0 Å². The third kappa shape index (κ3) is 2.28. The van der Waals surface area contributed by atoms with Crippen molar-refractivity contribution in [1.29, 1.82) is 0 Å². The topological polar surface area (TPSA) is 9.23 Å². The van der Waals surface area contributed by atoms with Gasteiger partial charge < -0.3 is 4.74 Å². The van der Waals surface area contributed by atoms with Crippen molar-refractivity contribution in [3.63, 3.8) is 0 Å². The average Bonchev–Trinajstić information content (AvgIpc) is 2.38. The zero-order chi connectivity index (χ0) is 10.8. The highest BCUT2D eigenvalue weighted by Crippen LogP contribution is 2.37. The lowest BCUT2D eigenvalue weighted by Crippen LogP contribution is -1.96. The Labute approximate surface area is 96.4 Å². The highest BCUT2D eigenvalue weighted by atomic mass is 35.5. The molecule has 1 aliphatic rings. The van der Waals surface area contributed by atoms with E-state index in [1.54, 1.807) is 7.11 Å². The van der Waals surface area contributed by atoms with E-state index in [0.29, 0.717) is 5.92 Å². The molecule has 0 saturated heterocycles. The predicted molar refractivity (Wildman–Crippen MR) is 63.7 cm³/mol. The number of benzene rings is 1. The van der Waals surface area contributed by atoms with Crippen LogP contribution in [0.25, 0.3) is 0 Å². The van der Waals surface area contributed by atoms with Gasteiger partial charge in [0.05, 0.1) is 12.5 Å². The Morgan fingerprint density at radius 3 is 2.93 bits per heavy atom. The minimum atomic E-state index is 0.146. The van der Waals surface area contributed by atoms with Crippen molar-refractivity contribution in [3.8, 4) is 5.75 Å². The first-order valence-corrected chi connectivity index (χ1v) is 5.95. The first kappa shape index (κ1) is 10.8. The zero-order valence-corrected chi connectivity index (χ0v) is 10.1. The molecule has 0 aliphatic heterocycles. The molecule has 0 N–H and O–H groups in total. The van der Waals surface area contributed by atoms with Crippen LogP contribution >= 0.6 is 11.6 Å². The summed E-state index contributed by atoms with van der Waals surface area (Å²) in [5, 5.41) is 0.146.